The molecule has 2 aromatic carbocycles. The minimum atomic E-state index is -0.736. The van der Waals surface area contributed by atoms with Crippen LogP contribution in [0.4, 0.5) is 5.69 Å². The number of amides is 1. The monoisotopic (exact) mass is 383 g/mol. The number of aromatic amines is 2. The molecule has 28 heavy (non-hydrogen) atoms. The summed E-state index contributed by atoms with van der Waals surface area (Å²) in [4.78, 5) is 39.8. The lowest BCUT2D eigenvalue weighted by Crippen LogP contribution is -2.28. The Kier molecular flexibility index (Phi) is 6.11. The van der Waals surface area contributed by atoms with Gasteiger partial charge in [-0.1, -0.05) is 12.1 Å². The lowest BCUT2D eigenvalue weighted by atomic mass is 10.2. The van der Waals surface area contributed by atoms with Gasteiger partial charge in [0.2, 0.25) is 5.91 Å². The van der Waals surface area contributed by atoms with Crippen molar-refractivity contribution in [3.63, 3.8) is 0 Å². The van der Waals surface area contributed by atoms with Crippen molar-refractivity contribution in [1.82, 2.24) is 9.97 Å². The Bertz CT molecular complexity index is 1090. The average Bonchev–Trinajstić information content (AvgIpc) is 2.68. The number of hydrogen-bond acceptors (Lipinski definition) is 5. The molecule has 8 heteroatoms. The van der Waals surface area contributed by atoms with Gasteiger partial charge in [-0.15, -0.1) is 0 Å². The van der Waals surface area contributed by atoms with Crippen LogP contribution < -0.4 is 25.9 Å². The third kappa shape index (κ3) is 4.79. The molecule has 1 heterocycles. The number of para-hydroxylation sites is 2. The number of benzene rings is 2. The van der Waals surface area contributed by atoms with Crippen molar-refractivity contribution in [1.29, 1.82) is 0 Å². The first-order valence-electron chi connectivity index (χ1n) is 8.97. The maximum absolute atomic E-state index is 12.1. The second kappa shape index (κ2) is 8.90. The van der Waals surface area contributed by atoms with E-state index in [4.69, 9.17) is 9.47 Å². The number of fused-ring (bicyclic) bond motifs is 1. The first kappa shape index (κ1) is 19.2. The number of rotatable bonds is 8. The summed E-state index contributed by atoms with van der Waals surface area (Å²) in [6.07, 6.45) is 0.807. The number of hydrogen-bond donors (Lipinski definition) is 3. The van der Waals surface area contributed by atoms with Crippen molar-refractivity contribution in [3.05, 3.63) is 63.2 Å². The molecule has 0 bridgehead atoms. The van der Waals surface area contributed by atoms with E-state index in [1.807, 2.05) is 31.2 Å². The van der Waals surface area contributed by atoms with Gasteiger partial charge in [0, 0.05) is 12.1 Å². The van der Waals surface area contributed by atoms with Crippen LogP contribution >= 0.6 is 0 Å². The minimum absolute atomic E-state index is 0.173. The highest BCUT2D eigenvalue weighted by Crippen LogP contribution is 2.26. The molecule has 8 nitrogen and oxygen atoms in total. The predicted octanol–water partition coefficient (Wildman–Crippen LogP) is 2.41. The largest absolute Gasteiger partial charge is 0.490 e. The zero-order valence-corrected chi connectivity index (χ0v) is 15.4. The summed E-state index contributed by atoms with van der Waals surface area (Å²) in [5.41, 5.74) is 0.0145. The number of nitrogens with one attached hydrogen (secondary N) is 3. The number of aromatic nitrogens is 2. The van der Waals surface area contributed by atoms with E-state index >= 15 is 0 Å². The molecule has 3 aromatic rings. The number of anilines is 1. The zero-order chi connectivity index (χ0) is 19.9. The lowest BCUT2D eigenvalue weighted by molar-refractivity contribution is -0.116. The molecule has 0 saturated carbocycles. The van der Waals surface area contributed by atoms with E-state index in [2.05, 4.69) is 15.3 Å². The SMILES string of the molecule is CCOc1ccccc1OCCCC(=O)Nc1ccc2[nH]c(=O)c(=O)[nH]c2c1. The van der Waals surface area contributed by atoms with Gasteiger partial charge in [0.1, 0.15) is 0 Å². The Labute approximate surface area is 160 Å². The smallest absolute Gasteiger partial charge is 0.314 e. The fourth-order valence-corrected chi connectivity index (χ4v) is 2.68. The van der Waals surface area contributed by atoms with Crippen LogP contribution in [0.3, 0.4) is 0 Å². The molecule has 0 fully saturated rings. The van der Waals surface area contributed by atoms with Gasteiger partial charge in [-0.25, -0.2) is 0 Å². The second-order valence-electron chi connectivity index (χ2n) is 6.05. The summed E-state index contributed by atoms with van der Waals surface area (Å²) in [5, 5.41) is 2.77. The van der Waals surface area contributed by atoms with Crippen LogP contribution in [0, 0.1) is 0 Å². The summed E-state index contributed by atoms with van der Waals surface area (Å²) < 4.78 is 11.2. The molecule has 1 amide bonds. The first-order chi connectivity index (χ1) is 13.6. The maximum Gasteiger partial charge on any atom is 0.314 e. The van der Waals surface area contributed by atoms with Gasteiger partial charge in [0.05, 0.1) is 24.2 Å². The number of ether oxygens (including phenoxy) is 2. The highest BCUT2D eigenvalue weighted by atomic mass is 16.5. The molecule has 1 aromatic heterocycles. The van der Waals surface area contributed by atoms with Gasteiger partial charge in [-0.2, -0.15) is 0 Å². The molecular weight excluding hydrogens is 362 g/mol. The number of carbonyl (C=O) groups is 1. The maximum atomic E-state index is 12.1. The Morgan fingerprint density at radius 1 is 0.964 bits per heavy atom. The molecule has 3 N–H and O–H groups in total. The summed E-state index contributed by atoms with van der Waals surface area (Å²) in [7, 11) is 0. The summed E-state index contributed by atoms with van der Waals surface area (Å²) >= 11 is 0. The lowest BCUT2D eigenvalue weighted by Gasteiger charge is -2.11. The van der Waals surface area contributed by atoms with E-state index in [0.29, 0.717) is 47.9 Å². The molecule has 0 aliphatic carbocycles. The summed E-state index contributed by atoms with van der Waals surface area (Å²) in [6, 6.07) is 12.3. The third-order valence-corrected chi connectivity index (χ3v) is 3.96. The molecule has 0 saturated heterocycles. The van der Waals surface area contributed by atoms with E-state index < -0.39 is 11.1 Å². The topological polar surface area (TPSA) is 113 Å². The molecule has 0 aliphatic heterocycles. The van der Waals surface area contributed by atoms with Crippen molar-refractivity contribution in [2.24, 2.45) is 0 Å². The quantitative estimate of drug-likeness (QED) is 0.408. The van der Waals surface area contributed by atoms with Gasteiger partial charge < -0.3 is 24.8 Å². The fourth-order valence-electron chi connectivity index (χ4n) is 2.68. The van der Waals surface area contributed by atoms with Crippen LogP contribution in [0.1, 0.15) is 19.8 Å². The average molecular weight is 383 g/mol. The normalized spacial score (nSPS) is 10.6. The fraction of sp³-hybridized carbons (Fsp3) is 0.250. The van der Waals surface area contributed by atoms with Crippen LogP contribution in [0.2, 0.25) is 0 Å². The molecular formula is C20H21N3O5. The summed E-state index contributed by atoms with van der Waals surface area (Å²) in [6.45, 7) is 2.83. The molecule has 3 rings (SSSR count). The highest BCUT2D eigenvalue weighted by Gasteiger charge is 2.07. The molecule has 0 aliphatic rings. The molecule has 0 unspecified atom stereocenters. The van der Waals surface area contributed by atoms with Crippen LogP contribution in [0.5, 0.6) is 11.5 Å². The second-order valence-corrected chi connectivity index (χ2v) is 6.05. The van der Waals surface area contributed by atoms with Gasteiger partial charge >= 0.3 is 11.1 Å². The van der Waals surface area contributed by atoms with E-state index in [0.717, 1.165) is 0 Å². The van der Waals surface area contributed by atoms with E-state index in [1.165, 1.54) is 0 Å². The van der Waals surface area contributed by atoms with Crippen molar-refractivity contribution in [2.75, 3.05) is 18.5 Å². The Hall–Kier alpha value is -3.55. The van der Waals surface area contributed by atoms with Crippen molar-refractivity contribution < 1.29 is 14.3 Å². The Balaban J connectivity index is 1.52. The highest BCUT2D eigenvalue weighted by molar-refractivity contribution is 5.92. The van der Waals surface area contributed by atoms with Crippen LogP contribution in [0.25, 0.3) is 11.0 Å². The predicted molar refractivity (Wildman–Crippen MR) is 106 cm³/mol. The van der Waals surface area contributed by atoms with E-state index in [-0.39, 0.29) is 12.3 Å². The summed E-state index contributed by atoms with van der Waals surface area (Å²) in [5.74, 6) is 1.16. The number of carbonyl (C=O) groups excluding carboxylic acids is 1. The zero-order valence-electron chi connectivity index (χ0n) is 15.4. The van der Waals surface area contributed by atoms with Crippen LogP contribution in [0.15, 0.2) is 52.1 Å². The van der Waals surface area contributed by atoms with Gasteiger partial charge in [-0.3, -0.25) is 14.4 Å². The van der Waals surface area contributed by atoms with Crippen molar-refractivity contribution in [2.45, 2.75) is 19.8 Å². The van der Waals surface area contributed by atoms with Crippen LogP contribution in [-0.4, -0.2) is 29.1 Å². The number of H-pyrrole nitrogens is 2. The molecule has 146 valence electrons. The van der Waals surface area contributed by atoms with E-state index in [9.17, 15) is 14.4 Å². The molecule has 0 radical (unpaired) electrons. The Morgan fingerprint density at radius 3 is 2.36 bits per heavy atom. The Morgan fingerprint density at radius 2 is 1.64 bits per heavy atom. The van der Waals surface area contributed by atoms with Gasteiger partial charge in [0.25, 0.3) is 0 Å². The standard InChI is InChI=1S/C20H21N3O5/c1-2-27-16-6-3-4-7-17(16)28-11-5-8-18(24)21-13-9-10-14-15(12-13)23-20(26)19(25)22-14/h3-4,6-7,9-10,12H,2,5,8,11H2,1H3,(H,21,24)(H,22,25)(H,23,26). The third-order valence-electron chi connectivity index (χ3n) is 3.96. The molecule has 0 atom stereocenters. The minimum Gasteiger partial charge on any atom is -0.490 e. The van der Waals surface area contributed by atoms with Crippen molar-refractivity contribution in [3.8, 4) is 11.5 Å². The molecule has 0 spiro atoms. The van der Waals surface area contributed by atoms with Gasteiger partial charge in [-0.05, 0) is 43.7 Å². The van der Waals surface area contributed by atoms with Gasteiger partial charge in [0.15, 0.2) is 11.5 Å². The van der Waals surface area contributed by atoms with Crippen molar-refractivity contribution >= 4 is 22.6 Å². The van der Waals surface area contributed by atoms with E-state index in [1.54, 1.807) is 18.2 Å². The van der Waals surface area contributed by atoms with Crippen LogP contribution in [-0.2, 0) is 4.79 Å². The first-order valence-corrected chi connectivity index (χ1v) is 8.97.